The van der Waals surface area contributed by atoms with Crippen molar-refractivity contribution in [2.75, 3.05) is 25.1 Å². The standard InChI is InChI=1S/C24H20F3N5O3/c1-35-19-11-32(10-14(19)24(25,26)27)23-13(8-12-4-2-3-5-15(12)31-23)17-9-18(33)20-16(30-17)6-7-29-21(20)22(28)34/h2-9,14,19H,10-11H2,1H3,(H2,28,34)(H,30,33)/t14-,19-/m0/s1. The minimum absolute atomic E-state index is 0.0213. The van der Waals surface area contributed by atoms with Gasteiger partial charge in [0.15, 0.2) is 5.43 Å². The van der Waals surface area contributed by atoms with Crippen molar-refractivity contribution < 1.29 is 22.7 Å². The molecule has 180 valence electrons. The lowest BCUT2D eigenvalue weighted by molar-refractivity contribution is -0.191. The number of aromatic amines is 1. The van der Waals surface area contributed by atoms with E-state index in [1.54, 1.807) is 18.2 Å². The van der Waals surface area contributed by atoms with Crippen LogP contribution in [0.3, 0.4) is 0 Å². The van der Waals surface area contributed by atoms with Gasteiger partial charge in [-0.1, -0.05) is 18.2 Å². The van der Waals surface area contributed by atoms with E-state index < -0.39 is 29.5 Å². The molecule has 1 aliphatic rings. The quantitative estimate of drug-likeness (QED) is 0.461. The number of alkyl halides is 3. The largest absolute Gasteiger partial charge is 0.396 e. The van der Waals surface area contributed by atoms with E-state index in [0.29, 0.717) is 22.3 Å². The smallest absolute Gasteiger partial charge is 0.379 e. The molecule has 4 aromatic rings. The first-order valence-electron chi connectivity index (χ1n) is 10.7. The molecule has 1 aliphatic heterocycles. The van der Waals surface area contributed by atoms with Gasteiger partial charge in [0.1, 0.15) is 17.4 Å². The average Bonchev–Trinajstić information content (AvgIpc) is 3.28. The van der Waals surface area contributed by atoms with E-state index in [1.165, 1.54) is 30.3 Å². The van der Waals surface area contributed by atoms with Crippen LogP contribution in [0.2, 0.25) is 0 Å². The first kappa shape index (κ1) is 22.8. The molecule has 4 heterocycles. The lowest BCUT2D eigenvalue weighted by Crippen LogP contribution is -2.34. The van der Waals surface area contributed by atoms with E-state index in [1.807, 2.05) is 12.1 Å². The van der Waals surface area contributed by atoms with Crippen molar-refractivity contribution >= 4 is 33.5 Å². The molecule has 0 aliphatic carbocycles. The number of para-hydroxylation sites is 1. The summed E-state index contributed by atoms with van der Waals surface area (Å²) < 4.78 is 46.2. The number of amides is 1. The lowest BCUT2D eigenvalue weighted by atomic mass is 10.1. The lowest BCUT2D eigenvalue weighted by Gasteiger charge is -2.22. The van der Waals surface area contributed by atoms with Gasteiger partial charge in [0, 0.05) is 43.4 Å². The summed E-state index contributed by atoms with van der Waals surface area (Å²) >= 11 is 0. The number of H-pyrrole nitrogens is 1. The highest BCUT2D eigenvalue weighted by atomic mass is 19.4. The molecule has 0 unspecified atom stereocenters. The Hall–Kier alpha value is -3.99. The summed E-state index contributed by atoms with van der Waals surface area (Å²) in [6, 6.07) is 11.8. The Morgan fingerprint density at radius 2 is 1.97 bits per heavy atom. The van der Waals surface area contributed by atoms with Crippen molar-refractivity contribution in [2.45, 2.75) is 12.3 Å². The predicted molar refractivity (Wildman–Crippen MR) is 124 cm³/mol. The van der Waals surface area contributed by atoms with Crippen LogP contribution in [0.1, 0.15) is 10.5 Å². The zero-order valence-corrected chi connectivity index (χ0v) is 18.5. The zero-order valence-electron chi connectivity index (χ0n) is 18.5. The van der Waals surface area contributed by atoms with Crippen molar-refractivity contribution in [2.24, 2.45) is 11.7 Å². The van der Waals surface area contributed by atoms with E-state index in [-0.39, 0.29) is 30.0 Å². The molecule has 0 bridgehead atoms. The summed E-state index contributed by atoms with van der Waals surface area (Å²) in [5, 5.41) is 0.784. The van der Waals surface area contributed by atoms with Crippen molar-refractivity contribution in [3.63, 3.8) is 0 Å². The minimum atomic E-state index is -4.44. The summed E-state index contributed by atoms with van der Waals surface area (Å²) in [4.78, 5) is 38.0. The number of pyridine rings is 3. The fourth-order valence-electron chi connectivity index (χ4n) is 4.58. The number of carbonyl (C=O) groups is 1. The van der Waals surface area contributed by atoms with Gasteiger partial charge in [-0.2, -0.15) is 13.2 Å². The van der Waals surface area contributed by atoms with Crippen LogP contribution in [0.15, 0.2) is 53.5 Å². The highest BCUT2D eigenvalue weighted by Crippen LogP contribution is 2.40. The number of methoxy groups -OCH3 is 1. The number of rotatable bonds is 4. The second-order valence-corrected chi connectivity index (χ2v) is 8.37. The maximum Gasteiger partial charge on any atom is 0.396 e. The van der Waals surface area contributed by atoms with Crippen LogP contribution in [-0.4, -0.2) is 53.3 Å². The van der Waals surface area contributed by atoms with Crippen LogP contribution in [0.5, 0.6) is 0 Å². The number of fused-ring (bicyclic) bond motifs is 2. The highest BCUT2D eigenvalue weighted by molar-refractivity contribution is 6.04. The highest BCUT2D eigenvalue weighted by Gasteiger charge is 2.50. The molecule has 1 aromatic carbocycles. The molecule has 1 amide bonds. The molecule has 5 rings (SSSR count). The Bertz CT molecular complexity index is 1520. The molecule has 1 saturated heterocycles. The zero-order chi connectivity index (χ0) is 24.9. The maximum atomic E-state index is 13.7. The molecular formula is C24H20F3N5O3. The van der Waals surface area contributed by atoms with Gasteiger partial charge < -0.3 is 20.4 Å². The van der Waals surface area contributed by atoms with Crippen molar-refractivity contribution in [3.8, 4) is 11.3 Å². The molecule has 1 fully saturated rings. The van der Waals surface area contributed by atoms with Crippen molar-refractivity contribution in [1.82, 2.24) is 15.0 Å². The molecule has 3 aromatic heterocycles. The Morgan fingerprint density at radius 1 is 1.20 bits per heavy atom. The number of anilines is 1. The van der Waals surface area contributed by atoms with Gasteiger partial charge in [0.2, 0.25) is 0 Å². The van der Waals surface area contributed by atoms with E-state index in [4.69, 9.17) is 10.5 Å². The third kappa shape index (κ3) is 3.97. The van der Waals surface area contributed by atoms with Crippen molar-refractivity contribution in [1.29, 1.82) is 0 Å². The molecule has 35 heavy (non-hydrogen) atoms. The summed E-state index contributed by atoms with van der Waals surface area (Å²) in [5.74, 6) is -2.24. The molecular weight excluding hydrogens is 463 g/mol. The Balaban J connectivity index is 1.71. The first-order valence-corrected chi connectivity index (χ1v) is 10.7. The fourth-order valence-corrected chi connectivity index (χ4v) is 4.58. The van der Waals surface area contributed by atoms with Crippen LogP contribution in [0.4, 0.5) is 19.0 Å². The summed E-state index contributed by atoms with van der Waals surface area (Å²) in [6.45, 7) is -0.361. The maximum absolute atomic E-state index is 13.7. The van der Waals surface area contributed by atoms with Gasteiger partial charge >= 0.3 is 6.18 Å². The van der Waals surface area contributed by atoms with Gasteiger partial charge in [0.25, 0.3) is 5.91 Å². The fraction of sp³-hybridized carbons (Fsp3) is 0.250. The summed E-state index contributed by atoms with van der Waals surface area (Å²) in [5.41, 5.74) is 6.39. The second-order valence-electron chi connectivity index (χ2n) is 8.37. The van der Waals surface area contributed by atoms with Crippen LogP contribution in [0, 0.1) is 5.92 Å². The molecule has 0 saturated carbocycles. The second kappa shape index (κ2) is 8.35. The number of nitrogens with one attached hydrogen (secondary N) is 1. The number of nitrogens with zero attached hydrogens (tertiary/aromatic N) is 3. The van der Waals surface area contributed by atoms with Gasteiger partial charge in [-0.3, -0.25) is 14.6 Å². The molecule has 0 radical (unpaired) electrons. The first-order chi connectivity index (χ1) is 16.7. The number of nitrogens with two attached hydrogens (primary N) is 1. The van der Waals surface area contributed by atoms with E-state index in [9.17, 15) is 22.8 Å². The number of halogens is 3. The number of primary amides is 1. The minimum Gasteiger partial charge on any atom is -0.379 e. The Morgan fingerprint density at radius 3 is 2.66 bits per heavy atom. The van der Waals surface area contributed by atoms with Gasteiger partial charge in [-0.15, -0.1) is 0 Å². The monoisotopic (exact) mass is 483 g/mol. The molecule has 11 heteroatoms. The third-order valence-electron chi connectivity index (χ3n) is 6.26. The normalized spacial score (nSPS) is 18.5. The summed E-state index contributed by atoms with van der Waals surface area (Å²) in [7, 11) is 1.26. The Labute approximate surface area is 196 Å². The molecule has 3 N–H and O–H groups in total. The van der Waals surface area contributed by atoms with Gasteiger partial charge in [0.05, 0.1) is 28.2 Å². The Kier molecular flexibility index (Phi) is 5.43. The summed E-state index contributed by atoms with van der Waals surface area (Å²) in [6.07, 6.45) is -4.16. The number of carbonyl (C=O) groups excluding carboxylic acids is 1. The van der Waals surface area contributed by atoms with E-state index in [2.05, 4.69) is 15.0 Å². The topological polar surface area (TPSA) is 114 Å². The van der Waals surface area contributed by atoms with E-state index in [0.717, 1.165) is 5.39 Å². The molecule has 2 atom stereocenters. The van der Waals surface area contributed by atoms with Gasteiger partial charge in [-0.25, -0.2) is 4.98 Å². The van der Waals surface area contributed by atoms with Crippen LogP contribution in [-0.2, 0) is 4.74 Å². The van der Waals surface area contributed by atoms with Gasteiger partial charge in [-0.05, 0) is 18.2 Å². The number of hydrogen-bond donors (Lipinski definition) is 2. The van der Waals surface area contributed by atoms with Crippen LogP contribution < -0.4 is 16.1 Å². The molecule has 0 spiro atoms. The third-order valence-corrected chi connectivity index (χ3v) is 6.26. The van der Waals surface area contributed by atoms with Crippen LogP contribution >= 0.6 is 0 Å². The van der Waals surface area contributed by atoms with E-state index >= 15 is 0 Å². The van der Waals surface area contributed by atoms with Crippen LogP contribution in [0.25, 0.3) is 33.1 Å². The van der Waals surface area contributed by atoms with Crippen molar-refractivity contribution in [3.05, 3.63) is 64.6 Å². The number of benzene rings is 1. The number of ether oxygens (including phenoxy) is 1. The molecule has 8 nitrogen and oxygen atoms in total. The number of hydrogen-bond acceptors (Lipinski definition) is 6. The predicted octanol–water partition coefficient (Wildman–Crippen LogP) is 3.25. The average molecular weight is 483 g/mol. The SMILES string of the molecule is CO[C@H]1CN(c2nc3ccccc3cc2-c2cc(=O)c3c(C(N)=O)nccc3[nH]2)C[C@@H]1C(F)(F)F. The number of aromatic nitrogens is 3.